The topological polar surface area (TPSA) is 55.6 Å². The van der Waals surface area contributed by atoms with E-state index in [9.17, 15) is 0 Å². The van der Waals surface area contributed by atoms with Gasteiger partial charge < -0.3 is 5.32 Å². The van der Waals surface area contributed by atoms with Gasteiger partial charge in [0.05, 0.1) is 17.9 Å². The summed E-state index contributed by atoms with van der Waals surface area (Å²) in [5.41, 5.74) is 3.33. The van der Waals surface area contributed by atoms with E-state index in [1.165, 1.54) is 5.56 Å². The van der Waals surface area contributed by atoms with Crippen LogP contribution in [0.25, 0.3) is 0 Å². The maximum absolute atomic E-state index is 4.26. The van der Waals surface area contributed by atoms with E-state index in [0.717, 1.165) is 30.9 Å². The zero-order valence-electron chi connectivity index (χ0n) is 11.8. The highest BCUT2D eigenvalue weighted by atomic mass is 15.4. The predicted molar refractivity (Wildman–Crippen MR) is 74.8 cm³/mol. The fraction of sp³-hybridized carbons (Fsp3) is 0.500. The van der Waals surface area contributed by atoms with E-state index in [4.69, 9.17) is 0 Å². The van der Waals surface area contributed by atoms with Crippen molar-refractivity contribution < 1.29 is 0 Å². The molecule has 0 saturated heterocycles. The average Bonchev–Trinajstić information content (AvgIpc) is 2.84. The molecule has 0 radical (unpaired) electrons. The lowest BCUT2D eigenvalue weighted by Gasteiger charge is -2.19. The molecule has 1 atom stereocenters. The van der Waals surface area contributed by atoms with Crippen LogP contribution in [0.15, 0.2) is 24.5 Å². The molecular weight excluding hydrogens is 238 g/mol. The quantitative estimate of drug-likeness (QED) is 0.863. The van der Waals surface area contributed by atoms with E-state index in [1.54, 1.807) is 0 Å². The van der Waals surface area contributed by atoms with Crippen molar-refractivity contribution in [1.29, 1.82) is 0 Å². The van der Waals surface area contributed by atoms with E-state index in [1.807, 2.05) is 30.1 Å². The molecule has 0 aliphatic carbocycles. The van der Waals surface area contributed by atoms with E-state index < -0.39 is 0 Å². The largest absolute Gasteiger partial charge is 0.305 e. The first-order valence-corrected chi connectivity index (χ1v) is 6.80. The molecule has 2 aromatic heterocycles. The van der Waals surface area contributed by atoms with Crippen LogP contribution in [-0.2, 0) is 6.54 Å². The predicted octanol–water partition coefficient (Wildman–Crippen LogP) is 2.09. The van der Waals surface area contributed by atoms with Crippen LogP contribution >= 0.6 is 0 Å². The molecule has 5 nitrogen and oxygen atoms in total. The minimum atomic E-state index is 0.119. The van der Waals surface area contributed by atoms with Crippen molar-refractivity contribution in [2.75, 3.05) is 6.54 Å². The minimum Gasteiger partial charge on any atom is -0.305 e. The summed E-state index contributed by atoms with van der Waals surface area (Å²) in [7, 11) is 0. The Labute approximate surface area is 114 Å². The van der Waals surface area contributed by atoms with Gasteiger partial charge in [0.15, 0.2) is 0 Å². The molecule has 0 aliphatic heterocycles. The van der Waals surface area contributed by atoms with E-state index in [2.05, 4.69) is 40.5 Å². The molecule has 1 unspecified atom stereocenters. The van der Waals surface area contributed by atoms with Crippen molar-refractivity contribution in [3.05, 3.63) is 41.5 Å². The number of aryl methyl sites for hydroxylation is 2. The molecule has 0 amide bonds. The van der Waals surface area contributed by atoms with Crippen molar-refractivity contribution >= 4 is 0 Å². The average molecular weight is 259 g/mol. The first-order chi connectivity index (χ1) is 9.26. The third-order valence-electron chi connectivity index (χ3n) is 3.04. The Balaban J connectivity index is 2.36. The Bertz CT molecular complexity index is 520. The van der Waals surface area contributed by atoms with Crippen molar-refractivity contribution in [2.45, 2.75) is 39.8 Å². The monoisotopic (exact) mass is 259 g/mol. The molecule has 0 aliphatic rings. The van der Waals surface area contributed by atoms with Crippen LogP contribution in [-0.4, -0.2) is 26.5 Å². The number of rotatable bonds is 6. The number of hydrogen-bond donors (Lipinski definition) is 1. The second-order valence-corrected chi connectivity index (χ2v) is 4.60. The van der Waals surface area contributed by atoms with Gasteiger partial charge in [-0.25, -0.2) is 4.68 Å². The maximum Gasteiger partial charge on any atom is 0.0802 e. The Morgan fingerprint density at radius 1 is 1.37 bits per heavy atom. The summed E-state index contributed by atoms with van der Waals surface area (Å²) < 4.78 is 1.98. The Kier molecular flexibility index (Phi) is 4.63. The summed E-state index contributed by atoms with van der Waals surface area (Å²) in [6.07, 6.45) is 4.74. The van der Waals surface area contributed by atoms with Crippen LogP contribution in [0.2, 0.25) is 0 Å². The van der Waals surface area contributed by atoms with Gasteiger partial charge in [-0.2, -0.15) is 0 Å². The van der Waals surface area contributed by atoms with Gasteiger partial charge in [-0.1, -0.05) is 19.1 Å². The second-order valence-electron chi connectivity index (χ2n) is 4.60. The normalized spacial score (nSPS) is 12.6. The van der Waals surface area contributed by atoms with E-state index >= 15 is 0 Å². The van der Waals surface area contributed by atoms with Crippen molar-refractivity contribution in [1.82, 2.24) is 25.3 Å². The minimum absolute atomic E-state index is 0.119. The summed E-state index contributed by atoms with van der Waals surface area (Å²) in [4.78, 5) is 4.26. The molecule has 0 spiro atoms. The van der Waals surface area contributed by atoms with Gasteiger partial charge in [-0.3, -0.25) is 4.98 Å². The Morgan fingerprint density at radius 3 is 2.89 bits per heavy atom. The number of pyridine rings is 1. The number of aromatic nitrogens is 4. The molecule has 19 heavy (non-hydrogen) atoms. The highest BCUT2D eigenvalue weighted by Gasteiger charge is 2.18. The zero-order chi connectivity index (χ0) is 13.7. The van der Waals surface area contributed by atoms with E-state index in [-0.39, 0.29) is 6.04 Å². The fourth-order valence-corrected chi connectivity index (χ4v) is 2.22. The molecule has 0 saturated carbocycles. The molecule has 2 aromatic rings. The van der Waals surface area contributed by atoms with Gasteiger partial charge in [-0.15, -0.1) is 5.10 Å². The SMILES string of the molecule is CCCn1nncc1C(NCC)c1ccnc(C)c1. The summed E-state index contributed by atoms with van der Waals surface area (Å²) in [5.74, 6) is 0. The molecule has 0 fully saturated rings. The number of nitrogens with one attached hydrogen (secondary N) is 1. The van der Waals surface area contributed by atoms with E-state index in [0.29, 0.717) is 0 Å². The second kappa shape index (κ2) is 6.43. The lowest BCUT2D eigenvalue weighted by Crippen LogP contribution is -2.25. The van der Waals surface area contributed by atoms with Gasteiger partial charge in [0.25, 0.3) is 0 Å². The number of hydrogen-bond acceptors (Lipinski definition) is 4. The molecule has 1 N–H and O–H groups in total. The standard InChI is InChI=1S/C14H21N5/c1-4-8-19-13(10-17-18-19)14(15-5-2)12-6-7-16-11(3)9-12/h6-7,9-10,14-15H,4-5,8H2,1-3H3. The van der Waals surface area contributed by atoms with Crippen LogP contribution in [0.3, 0.4) is 0 Å². The maximum atomic E-state index is 4.26. The molecule has 5 heteroatoms. The van der Waals surface area contributed by atoms with Gasteiger partial charge in [0.2, 0.25) is 0 Å². The van der Waals surface area contributed by atoms with Crippen LogP contribution in [0, 0.1) is 6.92 Å². The molecular formula is C14H21N5. The highest BCUT2D eigenvalue weighted by Crippen LogP contribution is 2.21. The molecule has 102 valence electrons. The zero-order valence-corrected chi connectivity index (χ0v) is 11.8. The lowest BCUT2D eigenvalue weighted by atomic mass is 10.0. The summed E-state index contributed by atoms with van der Waals surface area (Å²) in [6, 6.07) is 4.27. The Morgan fingerprint density at radius 2 is 2.21 bits per heavy atom. The molecule has 0 aromatic carbocycles. The molecule has 0 bridgehead atoms. The Hall–Kier alpha value is -1.75. The molecule has 2 rings (SSSR count). The fourth-order valence-electron chi connectivity index (χ4n) is 2.22. The van der Waals surface area contributed by atoms with Gasteiger partial charge in [0, 0.05) is 18.4 Å². The molecule has 2 heterocycles. The lowest BCUT2D eigenvalue weighted by molar-refractivity contribution is 0.511. The van der Waals surface area contributed by atoms with Gasteiger partial charge >= 0.3 is 0 Å². The smallest absolute Gasteiger partial charge is 0.0802 e. The van der Waals surface area contributed by atoms with Crippen LogP contribution in [0.4, 0.5) is 0 Å². The first-order valence-electron chi connectivity index (χ1n) is 6.80. The summed E-state index contributed by atoms with van der Waals surface area (Å²) >= 11 is 0. The van der Waals surface area contributed by atoms with Gasteiger partial charge in [-0.05, 0) is 37.6 Å². The third-order valence-corrected chi connectivity index (χ3v) is 3.04. The van der Waals surface area contributed by atoms with Crippen LogP contribution in [0.1, 0.15) is 43.3 Å². The van der Waals surface area contributed by atoms with Gasteiger partial charge in [0.1, 0.15) is 0 Å². The third kappa shape index (κ3) is 3.17. The van der Waals surface area contributed by atoms with Crippen molar-refractivity contribution in [3.63, 3.8) is 0 Å². The van der Waals surface area contributed by atoms with Crippen LogP contribution < -0.4 is 5.32 Å². The van der Waals surface area contributed by atoms with Crippen LogP contribution in [0.5, 0.6) is 0 Å². The van der Waals surface area contributed by atoms with Crippen molar-refractivity contribution in [3.8, 4) is 0 Å². The summed E-state index contributed by atoms with van der Waals surface area (Å²) in [6.45, 7) is 8.04. The number of nitrogens with zero attached hydrogens (tertiary/aromatic N) is 4. The highest BCUT2D eigenvalue weighted by molar-refractivity contribution is 5.26. The first kappa shape index (κ1) is 13.7. The summed E-state index contributed by atoms with van der Waals surface area (Å²) in [5, 5.41) is 11.7. The van der Waals surface area contributed by atoms with Crippen molar-refractivity contribution in [2.24, 2.45) is 0 Å².